The topological polar surface area (TPSA) is 83.8 Å². The van der Waals surface area contributed by atoms with E-state index in [2.05, 4.69) is 20.5 Å². The second-order valence-corrected chi connectivity index (χ2v) is 3.46. The normalized spacial score (nSPS) is 10.4. The Morgan fingerprint density at radius 2 is 2.31 bits per heavy atom. The molecule has 2 aromatic rings. The first-order chi connectivity index (χ1) is 7.66. The molecule has 0 bridgehead atoms. The maximum absolute atomic E-state index is 11.7. The molecule has 2 rings (SSSR count). The fraction of sp³-hybridized carbons (Fsp3) is 0.300. The van der Waals surface area contributed by atoms with Crippen molar-refractivity contribution in [3.05, 3.63) is 35.3 Å². The van der Waals surface area contributed by atoms with Crippen LogP contribution < -0.4 is 5.32 Å². The Balaban J connectivity index is 1.96. The van der Waals surface area contributed by atoms with Gasteiger partial charge >= 0.3 is 0 Å². The number of H-pyrrole nitrogens is 1. The number of hydrogen-bond acceptors (Lipinski definition) is 4. The highest BCUT2D eigenvalue weighted by atomic mass is 16.4. The lowest BCUT2D eigenvalue weighted by Crippen LogP contribution is -2.23. The van der Waals surface area contributed by atoms with Gasteiger partial charge in [0.1, 0.15) is 5.76 Å². The lowest BCUT2D eigenvalue weighted by Gasteiger charge is -2.00. The highest BCUT2D eigenvalue weighted by Crippen LogP contribution is 2.04. The molecule has 0 radical (unpaired) electrons. The van der Waals surface area contributed by atoms with Crippen LogP contribution in [0.2, 0.25) is 0 Å². The summed E-state index contributed by atoms with van der Waals surface area (Å²) in [4.78, 5) is 15.7. The summed E-state index contributed by atoms with van der Waals surface area (Å²) in [7, 11) is 0. The van der Waals surface area contributed by atoms with Crippen LogP contribution in [0.3, 0.4) is 0 Å². The molecule has 1 amide bonds. The van der Waals surface area contributed by atoms with E-state index in [4.69, 9.17) is 4.42 Å². The maximum Gasteiger partial charge on any atom is 0.255 e. The van der Waals surface area contributed by atoms with Crippen molar-refractivity contribution >= 4 is 5.91 Å². The number of amides is 1. The van der Waals surface area contributed by atoms with Crippen LogP contribution in [-0.4, -0.2) is 21.1 Å². The van der Waals surface area contributed by atoms with Crippen molar-refractivity contribution in [2.24, 2.45) is 0 Å². The summed E-state index contributed by atoms with van der Waals surface area (Å²) in [5, 5.41) is 9.18. The largest absolute Gasteiger partial charge is 0.444 e. The Labute approximate surface area is 92.1 Å². The molecule has 0 fully saturated rings. The highest BCUT2D eigenvalue weighted by molar-refractivity contribution is 5.94. The van der Waals surface area contributed by atoms with E-state index in [1.54, 1.807) is 20.0 Å². The summed E-state index contributed by atoms with van der Waals surface area (Å²) in [5.41, 5.74) is 1.27. The lowest BCUT2D eigenvalue weighted by molar-refractivity contribution is 0.0946. The molecule has 0 unspecified atom stereocenters. The van der Waals surface area contributed by atoms with Crippen LogP contribution in [0.4, 0.5) is 0 Å². The summed E-state index contributed by atoms with van der Waals surface area (Å²) < 4.78 is 5.23. The van der Waals surface area contributed by atoms with E-state index in [1.807, 2.05) is 0 Å². The first-order valence-corrected chi connectivity index (χ1v) is 4.86. The monoisotopic (exact) mass is 220 g/mol. The van der Waals surface area contributed by atoms with Crippen LogP contribution in [0.25, 0.3) is 0 Å². The van der Waals surface area contributed by atoms with E-state index in [9.17, 15) is 4.79 Å². The molecule has 2 heterocycles. The average molecular weight is 220 g/mol. The SMILES string of the molecule is Cc1cnc(CNC(=O)c2cn[nH]c2C)o1. The van der Waals surface area contributed by atoms with E-state index >= 15 is 0 Å². The summed E-state index contributed by atoms with van der Waals surface area (Å²) in [6, 6.07) is 0. The third-order valence-electron chi connectivity index (χ3n) is 2.14. The molecule has 0 aromatic carbocycles. The van der Waals surface area contributed by atoms with Crippen molar-refractivity contribution in [3.63, 3.8) is 0 Å². The standard InChI is InChI=1S/C10H12N4O2/c1-6-3-11-9(16-6)5-12-10(15)8-4-13-14-7(8)2/h3-4H,5H2,1-2H3,(H,12,15)(H,13,14). The van der Waals surface area contributed by atoms with E-state index < -0.39 is 0 Å². The minimum Gasteiger partial charge on any atom is -0.444 e. The van der Waals surface area contributed by atoms with Crippen molar-refractivity contribution in [2.45, 2.75) is 20.4 Å². The zero-order valence-corrected chi connectivity index (χ0v) is 9.07. The maximum atomic E-state index is 11.7. The fourth-order valence-corrected chi connectivity index (χ4v) is 1.31. The Hall–Kier alpha value is -2.11. The first-order valence-electron chi connectivity index (χ1n) is 4.86. The van der Waals surface area contributed by atoms with Gasteiger partial charge in [0.2, 0.25) is 5.89 Å². The molecule has 0 saturated heterocycles. The van der Waals surface area contributed by atoms with Gasteiger partial charge in [-0.3, -0.25) is 9.89 Å². The van der Waals surface area contributed by atoms with Crippen LogP contribution in [0, 0.1) is 13.8 Å². The molecule has 6 heteroatoms. The summed E-state index contributed by atoms with van der Waals surface area (Å²) in [5.74, 6) is 1.03. The molecule has 6 nitrogen and oxygen atoms in total. The summed E-state index contributed by atoms with van der Waals surface area (Å²) >= 11 is 0. The first kappa shape index (κ1) is 10.4. The number of nitrogens with zero attached hydrogens (tertiary/aromatic N) is 2. The van der Waals surface area contributed by atoms with E-state index in [0.717, 1.165) is 11.5 Å². The van der Waals surface area contributed by atoms with Gasteiger partial charge in [-0.2, -0.15) is 5.10 Å². The fourth-order valence-electron chi connectivity index (χ4n) is 1.31. The molecule has 0 aliphatic carbocycles. The second kappa shape index (κ2) is 4.18. The van der Waals surface area contributed by atoms with E-state index in [1.165, 1.54) is 6.20 Å². The van der Waals surface area contributed by atoms with Gasteiger partial charge in [0.05, 0.1) is 24.5 Å². The molecule has 84 valence electrons. The van der Waals surface area contributed by atoms with Gasteiger partial charge in [0.15, 0.2) is 0 Å². The molecule has 2 aromatic heterocycles. The minimum atomic E-state index is -0.192. The predicted octanol–water partition coefficient (Wildman–Crippen LogP) is 0.945. The van der Waals surface area contributed by atoms with Crippen molar-refractivity contribution in [2.75, 3.05) is 0 Å². The summed E-state index contributed by atoms with van der Waals surface area (Å²) in [6.45, 7) is 3.87. The second-order valence-electron chi connectivity index (χ2n) is 3.46. The van der Waals surface area contributed by atoms with Crippen LogP contribution in [0.1, 0.15) is 27.7 Å². The predicted molar refractivity (Wildman–Crippen MR) is 55.7 cm³/mol. The molecular weight excluding hydrogens is 208 g/mol. The van der Waals surface area contributed by atoms with Crippen molar-refractivity contribution in [1.29, 1.82) is 0 Å². The molecule has 0 spiro atoms. The Kier molecular flexibility index (Phi) is 2.72. The van der Waals surface area contributed by atoms with Crippen molar-refractivity contribution in [1.82, 2.24) is 20.5 Å². The third-order valence-corrected chi connectivity index (χ3v) is 2.14. The van der Waals surface area contributed by atoms with Gasteiger partial charge in [-0.05, 0) is 13.8 Å². The van der Waals surface area contributed by atoms with Gasteiger partial charge in [-0.15, -0.1) is 0 Å². The Morgan fingerprint density at radius 1 is 1.50 bits per heavy atom. The number of nitrogens with one attached hydrogen (secondary N) is 2. The highest BCUT2D eigenvalue weighted by Gasteiger charge is 2.11. The number of aromatic amines is 1. The van der Waals surface area contributed by atoms with Crippen molar-refractivity contribution < 1.29 is 9.21 Å². The molecule has 0 saturated carbocycles. The van der Waals surface area contributed by atoms with Crippen LogP contribution in [-0.2, 0) is 6.54 Å². The molecular formula is C10H12N4O2. The van der Waals surface area contributed by atoms with E-state index in [0.29, 0.717) is 11.5 Å². The van der Waals surface area contributed by atoms with Gasteiger partial charge in [0, 0.05) is 5.69 Å². The zero-order chi connectivity index (χ0) is 11.5. The number of oxazole rings is 1. The van der Waals surface area contributed by atoms with Crippen molar-refractivity contribution in [3.8, 4) is 0 Å². The summed E-state index contributed by atoms with van der Waals surface area (Å²) in [6.07, 6.45) is 3.11. The molecule has 0 aliphatic rings. The number of aromatic nitrogens is 3. The van der Waals surface area contributed by atoms with Gasteiger partial charge in [-0.25, -0.2) is 4.98 Å². The van der Waals surface area contributed by atoms with Gasteiger partial charge < -0.3 is 9.73 Å². The number of carbonyl (C=O) groups is 1. The van der Waals surface area contributed by atoms with Gasteiger partial charge in [0.25, 0.3) is 5.91 Å². The Morgan fingerprint density at radius 3 is 2.88 bits per heavy atom. The average Bonchev–Trinajstić information content (AvgIpc) is 2.84. The minimum absolute atomic E-state index is 0.192. The van der Waals surface area contributed by atoms with Crippen LogP contribution in [0.15, 0.2) is 16.8 Å². The number of carbonyl (C=O) groups excluding carboxylic acids is 1. The smallest absolute Gasteiger partial charge is 0.255 e. The van der Waals surface area contributed by atoms with E-state index in [-0.39, 0.29) is 12.5 Å². The lowest BCUT2D eigenvalue weighted by atomic mass is 10.2. The van der Waals surface area contributed by atoms with Crippen LogP contribution >= 0.6 is 0 Å². The number of hydrogen-bond donors (Lipinski definition) is 2. The van der Waals surface area contributed by atoms with Crippen LogP contribution in [0.5, 0.6) is 0 Å². The number of aryl methyl sites for hydroxylation is 2. The third kappa shape index (κ3) is 2.10. The zero-order valence-electron chi connectivity index (χ0n) is 9.07. The van der Waals surface area contributed by atoms with Gasteiger partial charge in [-0.1, -0.05) is 0 Å². The Bertz CT molecular complexity index is 500. The molecule has 0 aliphatic heterocycles. The molecule has 16 heavy (non-hydrogen) atoms. The quantitative estimate of drug-likeness (QED) is 0.806. The molecule has 0 atom stereocenters. The number of rotatable bonds is 3. The molecule has 2 N–H and O–H groups in total.